The van der Waals surface area contributed by atoms with Crippen LogP contribution in [0.1, 0.15) is 38.7 Å². The van der Waals surface area contributed by atoms with E-state index >= 15 is 0 Å². The number of ether oxygens (including phenoxy) is 1. The lowest BCUT2D eigenvalue weighted by molar-refractivity contribution is 0.127. The molecule has 5 nitrogen and oxygen atoms in total. The number of hydrazine groups is 1. The van der Waals surface area contributed by atoms with Crippen molar-refractivity contribution in [2.24, 2.45) is 4.99 Å². The summed E-state index contributed by atoms with van der Waals surface area (Å²) in [4.78, 5) is 7.31. The Morgan fingerprint density at radius 3 is 2.58 bits per heavy atom. The number of hydrogen-bond donors (Lipinski definition) is 0. The minimum Gasteiger partial charge on any atom is -0.492 e. The van der Waals surface area contributed by atoms with Crippen molar-refractivity contribution in [3.63, 3.8) is 0 Å². The van der Waals surface area contributed by atoms with Gasteiger partial charge in [-0.05, 0) is 55.6 Å². The average molecular weight is 419 g/mol. The van der Waals surface area contributed by atoms with Gasteiger partial charge in [-0.25, -0.2) is 10.0 Å². The van der Waals surface area contributed by atoms with Gasteiger partial charge in [-0.15, -0.1) is 0 Å². The standard InChI is InChI=1S/C25H30N4O.CH4/c1-27-19-24(21-7-3-4-8-21)25-26-17-22(18-29(25)27)20-9-11-23(12-10-20)30-16-15-28-13-5-2-6-14-28;/h3,7-12,17-18H,2,4-6,13-16,19H2,1H3;1H4. The van der Waals surface area contributed by atoms with Crippen molar-refractivity contribution in [1.29, 1.82) is 0 Å². The summed E-state index contributed by atoms with van der Waals surface area (Å²) in [6.07, 6.45) is 15.9. The van der Waals surface area contributed by atoms with Gasteiger partial charge in [0.15, 0.2) is 5.82 Å². The highest BCUT2D eigenvalue weighted by molar-refractivity contribution is 6.10. The quantitative estimate of drug-likeness (QED) is 0.659. The summed E-state index contributed by atoms with van der Waals surface area (Å²) in [7, 11) is 2.11. The van der Waals surface area contributed by atoms with Gasteiger partial charge in [-0.3, -0.25) is 9.91 Å². The number of nitrogens with zero attached hydrogens (tertiary/aromatic N) is 4. The molecule has 0 amide bonds. The number of likely N-dealkylation sites (tertiary alicyclic amines) is 1. The summed E-state index contributed by atoms with van der Waals surface area (Å²) in [5.41, 5.74) is 4.88. The fourth-order valence-corrected chi connectivity index (χ4v) is 4.54. The van der Waals surface area contributed by atoms with Crippen molar-refractivity contribution < 1.29 is 4.74 Å². The Balaban J connectivity index is 0.00000231. The number of likely N-dealkylation sites (N-methyl/N-ethyl adjacent to an activating group) is 1. The van der Waals surface area contributed by atoms with Crippen LogP contribution in [0, 0.1) is 0 Å². The number of hydrogen-bond acceptors (Lipinski definition) is 5. The van der Waals surface area contributed by atoms with Crippen LogP contribution in [0.4, 0.5) is 0 Å². The maximum absolute atomic E-state index is 5.97. The first kappa shape index (κ1) is 21.6. The molecule has 4 aliphatic rings. The van der Waals surface area contributed by atoms with E-state index in [9.17, 15) is 0 Å². The number of rotatable bonds is 6. The Hall–Kier alpha value is -2.63. The molecule has 0 aromatic heterocycles. The van der Waals surface area contributed by atoms with E-state index in [1.165, 1.54) is 43.5 Å². The van der Waals surface area contributed by atoms with E-state index in [2.05, 4.69) is 70.7 Å². The SMILES string of the molecule is C.CN1CC(C2=CCC=C2)=C2N=CC(c3ccc(OCCN4CCCCC4)cc3)=CN21. The summed E-state index contributed by atoms with van der Waals surface area (Å²) in [6.45, 7) is 5.09. The zero-order valence-corrected chi connectivity index (χ0v) is 17.8. The smallest absolute Gasteiger partial charge is 0.152 e. The van der Waals surface area contributed by atoms with E-state index in [0.717, 1.165) is 48.8 Å². The van der Waals surface area contributed by atoms with Gasteiger partial charge in [0.25, 0.3) is 0 Å². The molecule has 31 heavy (non-hydrogen) atoms. The van der Waals surface area contributed by atoms with Crippen molar-refractivity contribution in [3.8, 4) is 5.75 Å². The number of aliphatic imine (C=N–C) groups is 1. The molecule has 0 saturated carbocycles. The molecular formula is C26H34N4O. The number of allylic oxidation sites excluding steroid dienone is 4. The van der Waals surface area contributed by atoms with Crippen molar-refractivity contribution in [2.45, 2.75) is 33.1 Å². The molecule has 0 bridgehead atoms. The zero-order chi connectivity index (χ0) is 20.3. The van der Waals surface area contributed by atoms with Gasteiger partial charge in [-0.1, -0.05) is 44.2 Å². The van der Waals surface area contributed by atoms with Gasteiger partial charge in [0, 0.05) is 43.7 Å². The molecule has 1 saturated heterocycles. The number of piperidine rings is 1. The van der Waals surface area contributed by atoms with Crippen molar-refractivity contribution in [1.82, 2.24) is 14.9 Å². The minimum atomic E-state index is 0. The Kier molecular flexibility index (Phi) is 6.73. The Labute approximate surface area is 186 Å². The second kappa shape index (κ2) is 9.67. The molecule has 1 aromatic rings. The lowest BCUT2D eigenvalue weighted by atomic mass is 10.1. The second-order valence-electron chi connectivity index (χ2n) is 8.38. The molecule has 0 radical (unpaired) electrons. The summed E-state index contributed by atoms with van der Waals surface area (Å²) in [5.74, 6) is 1.97. The van der Waals surface area contributed by atoms with Crippen LogP contribution < -0.4 is 4.74 Å². The monoisotopic (exact) mass is 418 g/mol. The van der Waals surface area contributed by atoms with Crippen molar-refractivity contribution in [2.75, 3.05) is 39.8 Å². The van der Waals surface area contributed by atoms with Gasteiger partial charge < -0.3 is 4.74 Å². The zero-order valence-electron chi connectivity index (χ0n) is 17.8. The van der Waals surface area contributed by atoms with E-state index < -0.39 is 0 Å². The molecule has 3 heterocycles. The van der Waals surface area contributed by atoms with E-state index in [4.69, 9.17) is 9.73 Å². The molecule has 1 aliphatic carbocycles. The normalized spacial score (nSPS) is 21.1. The topological polar surface area (TPSA) is 31.3 Å². The van der Waals surface area contributed by atoms with Crippen molar-refractivity contribution in [3.05, 3.63) is 71.2 Å². The summed E-state index contributed by atoms with van der Waals surface area (Å²) < 4.78 is 5.97. The first-order valence-electron chi connectivity index (χ1n) is 11.1. The van der Waals surface area contributed by atoms with Crippen LogP contribution >= 0.6 is 0 Å². The number of benzene rings is 1. The molecule has 1 aromatic carbocycles. The largest absolute Gasteiger partial charge is 0.492 e. The maximum Gasteiger partial charge on any atom is 0.152 e. The van der Waals surface area contributed by atoms with Crippen LogP contribution in [0.5, 0.6) is 5.75 Å². The van der Waals surface area contributed by atoms with Crippen LogP contribution in [-0.2, 0) is 0 Å². The third kappa shape index (κ3) is 4.68. The van der Waals surface area contributed by atoms with Crippen LogP contribution in [0.25, 0.3) is 5.57 Å². The van der Waals surface area contributed by atoms with Gasteiger partial charge in [-0.2, -0.15) is 0 Å². The van der Waals surface area contributed by atoms with Gasteiger partial charge in [0.05, 0.1) is 0 Å². The third-order valence-electron chi connectivity index (χ3n) is 6.26. The average Bonchev–Trinajstić information content (AvgIpc) is 3.43. The molecule has 0 spiro atoms. The lowest BCUT2D eigenvalue weighted by Gasteiger charge is -2.27. The van der Waals surface area contributed by atoms with Crippen LogP contribution in [-0.4, -0.2) is 61.0 Å². The Bertz CT molecular complexity index is 933. The first-order valence-corrected chi connectivity index (χ1v) is 11.1. The molecule has 0 N–H and O–H groups in total. The summed E-state index contributed by atoms with van der Waals surface area (Å²) in [6, 6.07) is 8.39. The maximum atomic E-state index is 5.97. The summed E-state index contributed by atoms with van der Waals surface area (Å²) in [5, 5.41) is 4.38. The highest BCUT2D eigenvalue weighted by atomic mass is 16.5. The lowest BCUT2D eigenvalue weighted by Crippen LogP contribution is -2.33. The fraction of sp³-hybridized carbons (Fsp3) is 0.423. The Morgan fingerprint density at radius 2 is 1.84 bits per heavy atom. The Morgan fingerprint density at radius 1 is 1.03 bits per heavy atom. The molecule has 3 aliphatic heterocycles. The summed E-state index contributed by atoms with van der Waals surface area (Å²) >= 11 is 0. The van der Waals surface area contributed by atoms with Crippen molar-refractivity contribution >= 4 is 11.8 Å². The molecule has 5 rings (SSSR count). The van der Waals surface area contributed by atoms with Crippen LogP contribution in [0.2, 0.25) is 0 Å². The fourth-order valence-electron chi connectivity index (χ4n) is 4.54. The molecule has 164 valence electrons. The van der Waals surface area contributed by atoms with Crippen LogP contribution in [0.3, 0.4) is 0 Å². The first-order chi connectivity index (χ1) is 14.8. The minimum absolute atomic E-state index is 0. The second-order valence-corrected chi connectivity index (χ2v) is 8.38. The van der Waals surface area contributed by atoms with Gasteiger partial charge in [0.1, 0.15) is 12.4 Å². The highest BCUT2D eigenvalue weighted by Gasteiger charge is 2.29. The van der Waals surface area contributed by atoms with Crippen LogP contribution in [0.15, 0.2) is 70.7 Å². The highest BCUT2D eigenvalue weighted by Crippen LogP contribution is 2.34. The van der Waals surface area contributed by atoms with Gasteiger partial charge >= 0.3 is 0 Å². The van der Waals surface area contributed by atoms with E-state index in [0.29, 0.717) is 0 Å². The van der Waals surface area contributed by atoms with Gasteiger partial charge in [0.2, 0.25) is 0 Å². The predicted molar refractivity (Wildman–Crippen MR) is 129 cm³/mol. The van der Waals surface area contributed by atoms with E-state index in [1.807, 2.05) is 6.21 Å². The van der Waals surface area contributed by atoms with E-state index in [-0.39, 0.29) is 7.43 Å². The third-order valence-corrected chi connectivity index (χ3v) is 6.26. The van der Waals surface area contributed by atoms with E-state index in [1.54, 1.807) is 0 Å². The number of fused-ring (bicyclic) bond motifs is 1. The molecule has 0 atom stereocenters. The predicted octanol–water partition coefficient (Wildman–Crippen LogP) is 4.87. The molecule has 5 heteroatoms. The molecule has 0 unspecified atom stereocenters. The molecular weight excluding hydrogens is 384 g/mol. The molecule has 1 fully saturated rings.